The molecule has 0 bridgehead atoms. The average Bonchev–Trinajstić information content (AvgIpc) is 2.77. The van der Waals surface area contributed by atoms with Crippen molar-refractivity contribution in [1.82, 2.24) is 14.6 Å². The first-order valence-electron chi connectivity index (χ1n) is 10.4. The quantitative estimate of drug-likeness (QED) is 0.644. The highest BCUT2D eigenvalue weighted by atomic mass is 19.4. The Balaban J connectivity index is 1.75. The van der Waals surface area contributed by atoms with Gasteiger partial charge in [0.1, 0.15) is 11.6 Å². The summed E-state index contributed by atoms with van der Waals surface area (Å²) in [5.74, 6) is 0.932. The number of nitrogens with zero attached hydrogens (tertiary/aromatic N) is 4. The monoisotopic (exact) mass is 447 g/mol. The summed E-state index contributed by atoms with van der Waals surface area (Å²) in [6, 6.07) is 6.33. The van der Waals surface area contributed by atoms with Gasteiger partial charge in [0.2, 0.25) is 0 Å². The van der Waals surface area contributed by atoms with E-state index in [2.05, 4.69) is 15.3 Å². The summed E-state index contributed by atoms with van der Waals surface area (Å²) in [6.45, 7) is 5.79. The maximum atomic E-state index is 13.2. The van der Waals surface area contributed by atoms with Crippen molar-refractivity contribution in [3.8, 4) is 0 Å². The molecule has 0 radical (unpaired) electrons. The van der Waals surface area contributed by atoms with Gasteiger partial charge in [0, 0.05) is 12.3 Å². The molecule has 2 aromatic heterocycles. The minimum Gasteiger partial charge on any atom is -0.378 e. The van der Waals surface area contributed by atoms with Gasteiger partial charge in [0.25, 0.3) is 5.56 Å². The molecule has 3 aromatic rings. The highest BCUT2D eigenvalue weighted by molar-refractivity contribution is 5.88. The Hall–Kier alpha value is -3.14. The number of fused-ring (bicyclic) bond motifs is 1. The Bertz CT molecular complexity index is 1170. The van der Waals surface area contributed by atoms with E-state index < -0.39 is 17.8 Å². The number of benzene rings is 1. The summed E-state index contributed by atoms with van der Waals surface area (Å²) < 4.78 is 46.5. The van der Waals surface area contributed by atoms with Crippen molar-refractivity contribution in [3.05, 3.63) is 63.8 Å². The third-order valence-corrected chi connectivity index (χ3v) is 5.45. The Morgan fingerprint density at radius 3 is 2.62 bits per heavy atom. The van der Waals surface area contributed by atoms with E-state index in [-0.39, 0.29) is 5.56 Å². The maximum absolute atomic E-state index is 13.2. The van der Waals surface area contributed by atoms with Crippen molar-refractivity contribution in [3.63, 3.8) is 0 Å². The number of morpholine rings is 1. The molecule has 1 fully saturated rings. The molecule has 0 saturated carbocycles. The van der Waals surface area contributed by atoms with Crippen LogP contribution in [0, 0.1) is 6.92 Å². The fraction of sp³-hybridized carbons (Fsp3) is 0.409. The van der Waals surface area contributed by atoms with E-state index >= 15 is 0 Å². The van der Waals surface area contributed by atoms with Crippen LogP contribution in [0.15, 0.2) is 41.3 Å². The fourth-order valence-corrected chi connectivity index (χ4v) is 3.83. The van der Waals surface area contributed by atoms with Gasteiger partial charge in [-0.3, -0.25) is 4.79 Å². The van der Waals surface area contributed by atoms with Crippen LogP contribution in [0.5, 0.6) is 0 Å². The summed E-state index contributed by atoms with van der Waals surface area (Å²) >= 11 is 0. The van der Waals surface area contributed by atoms with Gasteiger partial charge in [-0.1, -0.05) is 19.1 Å². The van der Waals surface area contributed by atoms with E-state index in [4.69, 9.17) is 4.74 Å². The van der Waals surface area contributed by atoms with Gasteiger partial charge < -0.3 is 15.1 Å². The van der Waals surface area contributed by atoms with Gasteiger partial charge in [-0.2, -0.15) is 13.2 Å². The lowest BCUT2D eigenvalue weighted by Crippen LogP contribution is -2.48. The highest BCUT2D eigenvalue weighted by Gasteiger charge is 2.31. The molecule has 0 spiro atoms. The zero-order chi connectivity index (χ0) is 22.9. The number of alkyl halides is 3. The average molecular weight is 447 g/mol. The minimum atomic E-state index is -4.42. The van der Waals surface area contributed by atoms with Crippen LogP contribution in [0.2, 0.25) is 0 Å². The van der Waals surface area contributed by atoms with E-state index in [0.29, 0.717) is 60.8 Å². The van der Waals surface area contributed by atoms with Crippen molar-refractivity contribution in [2.75, 3.05) is 36.6 Å². The van der Waals surface area contributed by atoms with Crippen molar-refractivity contribution in [2.45, 2.75) is 32.5 Å². The van der Waals surface area contributed by atoms with E-state index in [0.717, 1.165) is 12.1 Å². The number of anilines is 1. The first-order valence-corrected chi connectivity index (χ1v) is 10.4. The summed E-state index contributed by atoms with van der Waals surface area (Å²) in [5.41, 5.74) is 0.0788. The number of aryl methyl sites for hydroxylation is 1. The predicted molar refractivity (Wildman–Crippen MR) is 115 cm³/mol. The molecule has 0 amide bonds. The second kappa shape index (κ2) is 8.78. The second-order valence-corrected chi connectivity index (χ2v) is 7.67. The maximum Gasteiger partial charge on any atom is 0.416 e. The molecule has 170 valence electrons. The third kappa shape index (κ3) is 4.55. The predicted octanol–water partition coefficient (Wildman–Crippen LogP) is 3.65. The van der Waals surface area contributed by atoms with Crippen molar-refractivity contribution in [2.24, 2.45) is 0 Å². The summed E-state index contributed by atoms with van der Waals surface area (Å²) in [7, 11) is 0. The largest absolute Gasteiger partial charge is 0.416 e. The number of halogens is 3. The highest BCUT2D eigenvalue weighted by Crippen LogP contribution is 2.32. The van der Waals surface area contributed by atoms with Crippen LogP contribution in [-0.2, 0) is 10.9 Å². The van der Waals surface area contributed by atoms with Gasteiger partial charge in [0.15, 0.2) is 0 Å². The third-order valence-electron chi connectivity index (χ3n) is 5.45. The molecule has 3 heterocycles. The first-order chi connectivity index (χ1) is 15.3. The molecule has 1 atom stereocenters. The van der Waals surface area contributed by atoms with Gasteiger partial charge in [-0.15, -0.1) is 0 Å². The molecule has 1 N–H and O–H groups in total. The van der Waals surface area contributed by atoms with Crippen LogP contribution in [0.1, 0.15) is 36.3 Å². The van der Waals surface area contributed by atoms with Crippen LogP contribution in [-0.4, -0.2) is 40.9 Å². The minimum absolute atomic E-state index is 0.214. The summed E-state index contributed by atoms with van der Waals surface area (Å²) in [5, 5.41) is 5.79. The molecule has 7 nitrogen and oxygen atoms in total. The van der Waals surface area contributed by atoms with Gasteiger partial charge >= 0.3 is 6.18 Å². The Morgan fingerprint density at radius 1 is 1.19 bits per heavy atom. The second-order valence-electron chi connectivity index (χ2n) is 7.67. The molecular formula is C22H24F3N5O2. The number of hydrogen-bond acceptors (Lipinski definition) is 6. The molecule has 1 aromatic carbocycles. The Labute approximate surface area is 182 Å². The normalized spacial score (nSPS) is 15.7. The molecule has 1 aliphatic rings. The van der Waals surface area contributed by atoms with Crippen LogP contribution < -0.4 is 15.9 Å². The summed E-state index contributed by atoms with van der Waals surface area (Å²) in [4.78, 5) is 21.6. The zero-order valence-electron chi connectivity index (χ0n) is 17.8. The van der Waals surface area contributed by atoms with Gasteiger partial charge in [0.05, 0.1) is 48.8 Å². The lowest BCUT2D eigenvalue weighted by molar-refractivity contribution is -0.137. The fourth-order valence-electron chi connectivity index (χ4n) is 3.83. The van der Waals surface area contributed by atoms with Crippen molar-refractivity contribution in [1.29, 1.82) is 0 Å². The van der Waals surface area contributed by atoms with Crippen molar-refractivity contribution < 1.29 is 17.9 Å². The SMILES string of the molecule is CCC(Nc1nc(C)nc2cc(=O)n(N3CCOCC3)cc12)c1cccc(C(F)(F)F)c1. The van der Waals surface area contributed by atoms with Crippen molar-refractivity contribution >= 4 is 16.7 Å². The molecule has 10 heteroatoms. The topological polar surface area (TPSA) is 72.3 Å². The molecule has 1 saturated heterocycles. The summed E-state index contributed by atoms with van der Waals surface area (Å²) in [6.07, 6.45) is -2.20. The van der Waals surface area contributed by atoms with E-state index in [9.17, 15) is 18.0 Å². The van der Waals surface area contributed by atoms with Crippen LogP contribution in [0.3, 0.4) is 0 Å². The first kappa shape index (κ1) is 22.1. The van der Waals surface area contributed by atoms with Gasteiger partial charge in [-0.05, 0) is 31.0 Å². The molecular weight excluding hydrogens is 423 g/mol. The van der Waals surface area contributed by atoms with Crippen LogP contribution >= 0.6 is 0 Å². The van der Waals surface area contributed by atoms with E-state index in [1.807, 2.05) is 11.9 Å². The molecule has 1 unspecified atom stereocenters. The molecule has 4 rings (SSSR count). The number of pyridine rings is 1. The number of nitrogens with one attached hydrogen (secondary N) is 1. The number of rotatable bonds is 5. The molecule has 1 aliphatic heterocycles. The zero-order valence-corrected chi connectivity index (χ0v) is 17.8. The smallest absolute Gasteiger partial charge is 0.378 e. The Morgan fingerprint density at radius 2 is 1.94 bits per heavy atom. The lowest BCUT2D eigenvalue weighted by atomic mass is 10.0. The van der Waals surface area contributed by atoms with Crippen LogP contribution in [0.4, 0.5) is 19.0 Å². The molecule has 0 aliphatic carbocycles. The molecule has 32 heavy (non-hydrogen) atoms. The van der Waals surface area contributed by atoms with Crippen LogP contribution in [0.25, 0.3) is 10.9 Å². The van der Waals surface area contributed by atoms with Gasteiger partial charge in [-0.25, -0.2) is 14.6 Å². The standard InChI is InChI=1S/C22H24F3N5O2/c1-3-18(15-5-4-6-16(11-15)22(23,24)25)28-21-17-13-30(29-7-9-32-10-8-29)20(31)12-19(17)26-14(2)27-21/h4-6,11-13,18H,3,7-10H2,1-2H3,(H,26,27,28). The van der Waals surface area contributed by atoms with E-state index in [1.54, 1.807) is 19.2 Å². The Kier molecular flexibility index (Phi) is 6.05. The van der Waals surface area contributed by atoms with E-state index in [1.165, 1.54) is 16.8 Å². The lowest BCUT2D eigenvalue weighted by Gasteiger charge is -2.30. The number of hydrogen-bond donors (Lipinski definition) is 1. The number of aromatic nitrogens is 3. The number of ether oxygens (including phenoxy) is 1.